The molecule has 0 radical (unpaired) electrons. The second-order valence-corrected chi connectivity index (χ2v) is 6.82. The number of nitrogens with one attached hydrogen (secondary N) is 1. The molecule has 1 N–H and O–H groups in total. The van der Waals surface area contributed by atoms with Crippen LogP contribution in [0.4, 0.5) is 0 Å². The molecule has 0 aliphatic carbocycles. The maximum atomic E-state index is 12.2. The molecule has 1 atom stereocenters. The van der Waals surface area contributed by atoms with Gasteiger partial charge < -0.3 is 15.0 Å². The fraction of sp³-hybridized carbons (Fsp3) is 0.583. The lowest BCUT2D eigenvalue weighted by Crippen LogP contribution is -2.45. The standard InChI is InChI=1S/C12H17BrN2O2S/c1-8-5-10(18-11(8)13)12(16)15(2)7-9-6-14-3-4-17-9/h5,9,14H,3-4,6-7H2,1-2H3. The Bertz CT molecular complexity index is 410. The van der Waals surface area contributed by atoms with Gasteiger partial charge >= 0.3 is 0 Å². The molecule has 1 aromatic heterocycles. The lowest BCUT2D eigenvalue weighted by atomic mass is 10.2. The number of morpholine rings is 1. The number of halogens is 1. The molecule has 18 heavy (non-hydrogen) atoms. The Kier molecular flexibility index (Phi) is 4.77. The number of aryl methyl sites for hydroxylation is 1. The van der Waals surface area contributed by atoms with E-state index in [2.05, 4.69) is 21.2 Å². The first-order chi connectivity index (χ1) is 8.58. The molecule has 2 heterocycles. The highest BCUT2D eigenvalue weighted by molar-refractivity contribution is 9.11. The van der Waals surface area contributed by atoms with Crippen LogP contribution >= 0.6 is 27.3 Å². The van der Waals surface area contributed by atoms with Gasteiger partial charge in [-0.3, -0.25) is 4.79 Å². The van der Waals surface area contributed by atoms with Crippen LogP contribution in [-0.4, -0.2) is 50.2 Å². The summed E-state index contributed by atoms with van der Waals surface area (Å²) in [5.41, 5.74) is 1.10. The normalized spacial score (nSPS) is 19.8. The van der Waals surface area contributed by atoms with E-state index in [1.807, 2.05) is 20.0 Å². The van der Waals surface area contributed by atoms with E-state index in [4.69, 9.17) is 4.74 Å². The molecule has 4 nitrogen and oxygen atoms in total. The van der Waals surface area contributed by atoms with Crippen molar-refractivity contribution in [1.82, 2.24) is 10.2 Å². The van der Waals surface area contributed by atoms with Gasteiger partial charge in [0.15, 0.2) is 0 Å². The van der Waals surface area contributed by atoms with Crippen molar-refractivity contribution >= 4 is 33.2 Å². The first kappa shape index (κ1) is 14.0. The molecular formula is C12H17BrN2O2S. The van der Waals surface area contributed by atoms with Crippen LogP contribution in [0.5, 0.6) is 0 Å². The third-order valence-electron chi connectivity index (χ3n) is 2.90. The number of nitrogens with zero attached hydrogens (tertiary/aromatic N) is 1. The molecule has 0 saturated carbocycles. The average molecular weight is 333 g/mol. The van der Waals surface area contributed by atoms with Gasteiger partial charge in [0, 0.05) is 26.7 Å². The van der Waals surface area contributed by atoms with E-state index >= 15 is 0 Å². The van der Waals surface area contributed by atoms with Gasteiger partial charge in [-0.05, 0) is 34.5 Å². The predicted octanol–water partition coefficient (Wildman–Crippen LogP) is 1.88. The summed E-state index contributed by atoms with van der Waals surface area (Å²) >= 11 is 4.93. The van der Waals surface area contributed by atoms with Gasteiger partial charge in [-0.2, -0.15) is 0 Å². The Morgan fingerprint density at radius 1 is 1.72 bits per heavy atom. The van der Waals surface area contributed by atoms with Gasteiger partial charge in [0.05, 0.1) is 21.4 Å². The smallest absolute Gasteiger partial charge is 0.263 e. The number of carbonyl (C=O) groups is 1. The molecule has 1 saturated heterocycles. The van der Waals surface area contributed by atoms with E-state index in [0.717, 1.165) is 33.9 Å². The highest BCUT2D eigenvalue weighted by Crippen LogP contribution is 2.28. The van der Waals surface area contributed by atoms with Crippen molar-refractivity contribution in [2.45, 2.75) is 13.0 Å². The molecule has 100 valence electrons. The van der Waals surface area contributed by atoms with Crippen molar-refractivity contribution in [3.8, 4) is 0 Å². The molecule has 1 aliphatic rings. The number of ether oxygens (including phenoxy) is 1. The fourth-order valence-corrected chi connectivity index (χ4v) is 3.41. The van der Waals surface area contributed by atoms with E-state index in [-0.39, 0.29) is 12.0 Å². The Labute approximate surface area is 119 Å². The second kappa shape index (κ2) is 6.14. The van der Waals surface area contributed by atoms with Crippen LogP contribution in [0.15, 0.2) is 9.85 Å². The molecule has 0 bridgehead atoms. The number of hydrogen-bond donors (Lipinski definition) is 1. The van der Waals surface area contributed by atoms with Crippen LogP contribution in [0.25, 0.3) is 0 Å². The van der Waals surface area contributed by atoms with E-state index < -0.39 is 0 Å². The van der Waals surface area contributed by atoms with Crippen molar-refractivity contribution in [3.05, 3.63) is 20.3 Å². The number of amides is 1. The minimum atomic E-state index is 0.0583. The summed E-state index contributed by atoms with van der Waals surface area (Å²) < 4.78 is 6.62. The zero-order valence-corrected chi connectivity index (χ0v) is 12.9. The highest BCUT2D eigenvalue weighted by Gasteiger charge is 2.21. The third-order valence-corrected chi connectivity index (χ3v) is 5.02. The summed E-state index contributed by atoms with van der Waals surface area (Å²) in [6, 6.07) is 1.92. The minimum Gasteiger partial charge on any atom is -0.374 e. The Hall–Kier alpha value is -0.430. The van der Waals surface area contributed by atoms with Gasteiger partial charge in [-0.25, -0.2) is 0 Å². The zero-order valence-electron chi connectivity index (χ0n) is 10.5. The van der Waals surface area contributed by atoms with Crippen LogP contribution < -0.4 is 5.32 Å². The Balaban J connectivity index is 1.95. The summed E-state index contributed by atoms with van der Waals surface area (Å²) in [6.07, 6.45) is 0.0946. The topological polar surface area (TPSA) is 41.6 Å². The fourth-order valence-electron chi connectivity index (χ4n) is 1.88. The predicted molar refractivity (Wildman–Crippen MR) is 76.3 cm³/mol. The summed E-state index contributed by atoms with van der Waals surface area (Å²) in [5.74, 6) is 0.0583. The molecule has 1 aromatic rings. The maximum Gasteiger partial charge on any atom is 0.263 e. The van der Waals surface area contributed by atoms with Gasteiger partial charge in [0.1, 0.15) is 0 Å². The third kappa shape index (κ3) is 3.32. The summed E-state index contributed by atoms with van der Waals surface area (Å²) in [5, 5.41) is 3.26. The minimum absolute atomic E-state index is 0.0583. The summed E-state index contributed by atoms with van der Waals surface area (Å²) in [6.45, 7) is 5.04. The molecule has 2 rings (SSSR count). The molecule has 0 spiro atoms. The molecule has 0 aromatic carbocycles. The number of rotatable bonds is 3. The molecular weight excluding hydrogens is 316 g/mol. The van der Waals surface area contributed by atoms with Crippen LogP contribution in [-0.2, 0) is 4.74 Å². The summed E-state index contributed by atoms with van der Waals surface area (Å²) in [7, 11) is 1.82. The van der Waals surface area contributed by atoms with Crippen LogP contribution in [0.1, 0.15) is 15.2 Å². The molecule has 1 unspecified atom stereocenters. The van der Waals surface area contributed by atoms with Gasteiger partial charge in [0.2, 0.25) is 0 Å². The Morgan fingerprint density at radius 2 is 2.50 bits per heavy atom. The van der Waals surface area contributed by atoms with Gasteiger partial charge in [-0.15, -0.1) is 11.3 Å². The average Bonchev–Trinajstić information content (AvgIpc) is 2.70. The van der Waals surface area contributed by atoms with Gasteiger partial charge in [0.25, 0.3) is 5.91 Å². The number of thiophene rings is 1. The number of hydrogen-bond acceptors (Lipinski definition) is 4. The highest BCUT2D eigenvalue weighted by atomic mass is 79.9. The maximum absolute atomic E-state index is 12.2. The van der Waals surface area contributed by atoms with Crippen molar-refractivity contribution in [1.29, 1.82) is 0 Å². The van der Waals surface area contributed by atoms with Gasteiger partial charge in [-0.1, -0.05) is 0 Å². The molecule has 1 fully saturated rings. The van der Waals surface area contributed by atoms with Crippen molar-refractivity contribution < 1.29 is 9.53 Å². The largest absolute Gasteiger partial charge is 0.374 e. The van der Waals surface area contributed by atoms with E-state index in [1.165, 1.54) is 11.3 Å². The van der Waals surface area contributed by atoms with E-state index in [0.29, 0.717) is 6.54 Å². The van der Waals surface area contributed by atoms with Crippen molar-refractivity contribution in [2.24, 2.45) is 0 Å². The Morgan fingerprint density at radius 3 is 3.06 bits per heavy atom. The first-order valence-electron chi connectivity index (χ1n) is 5.91. The van der Waals surface area contributed by atoms with Crippen LogP contribution in [0.2, 0.25) is 0 Å². The molecule has 1 amide bonds. The lowest BCUT2D eigenvalue weighted by Gasteiger charge is -2.27. The lowest BCUT2D eigenvalue weighted by molar-refractivity contribution is 0.0105. The molecule has 6 heteroatoms. The van der Waals surface area contributed by atoms with E-state index in [1.54, 1.807) is 4.90 Å². The monoisotopic (exact) mass is 332 g/mol. The number of likely N-dealkylation sites (N-methyl/N-ethyl adjacent to an activating group) is 1. The SMILES string of the molecule is Cc1cc(C(=O)N(C)CC2CNCCO2)sc1Br. The van der Waals surface area contributed by atoms with Crippen LogP contribution in [0.3, 0.4) is 0 Å². The zero-order chi connectivity index (χ0) is 13.1. The first-order valence-corrected chi connectivity index (χ1v) is 7.52. The number of carbonyl (C=O) groups excluding carboxylic acids is 1. The van der Waals surface area contributed by atoms with Crippen molar-refractivity contribution in [3.63, 3.8) is 0 Å². The van der Waals surface area contributed by atoms with Crippen molar-refractivity contribution in [2.75, 3.05) is 33.3 Å². The van der Waals surface area contributed by atoms with Crippen LogP contribution in [0, 0.1) is 6.92 Å². The van der Waals surface area contributed by atoms with E-state index in [9.17, 15) is 4.79 Å². The summed E-state index contributed by atoms with van der Waals surface area (Å²) in [4.78, 5) is 14.7. The molecule has 1 aliphatic heterocycles. The quantitative estimate of drug-likeness (QED) is 0.918. The second-order valence-electron chi connectivity index (χ2n) is 4.45.